The van der Waals surface area contributed by atoms with E-state index in [2.05, 4.69) is 14.7 Å². The van der Waals surface area contributed by atoms with Gasteiger partial charge < -0.3 is 4.74 Å². The molecule has 16 heteroatoms. The Morgan fingerprint density at radius 3 is 1.41 bits per heavy atom. The van der Waals surface area contributed by atoms with Crippen molar-refractivity contribution in [2.75, 3.05) is 7.11 Å². The third-order valence-electron chi connectivity index (χ3n) is 3.87. The van der Waals surface area contributed by atoms with Gasteiger partial charge in [-0.1, -0.05) is 0 Å². The van der Waals surface area contributed by atoms with Crippen LogP contribution in [-0.4, -0.2) is 22.9 Å². The van der Waals surface area contributed by atoms with Crippen molar-refractivity contribution in [3.05, 3.63) is 64.2 Å². The van der Waals surface area contributed by atoms with Gasteiger partial charge in [0.05, 0.1) is 18.2 Å². The molecule has 0 fully saturated rings. The summed E-state index contributed by atoms with van der Waals surface area (Å²) in [5, 5.41) is 0. The molecule has 0 spiro atoms. The lowest BCUT2D eigenvalue weighted by Gasteiger charge is -2.14. The van der Waals surface area contributed by atoms with E-state index >= 15 is 0 Å². The van der Waals surface area contributed by atoms with E-state index < -0.39 is 70.2 Å². The number of rotatable bonds is 4. The summed E-state index contributed by atoms with van der Waals surface area (Å²) in [4.78, 5) is 17.9. The number of allylic oxidation sites excluding steroid dienone is 1. The Morgan fingerprint density at radius 2 is 1.06 bits per heavy atom. The number of nitrogens with zero attached hydrogens (tertiary/aromatic N) is 2. The monoisotopic (exact) mass is 512 g/mol. The zero-order valence-electron chi connectivity index (χ0n) is 16.1. The van der Waals surface area contributed by atoms with Crippen molar-refractivity contribution >= 4 is 11.5 Å². The normalized spacial score (nSPS) is 13.7. The van der Waals surface area contributed by atoms with E-state index in [9.17, 15) is 57.5 Å². The maximum absolute atomic E-state index is 13.0. The number of ether oxygens (including phenoxy) is 1. The molecule has 2 rings (SSSR count). The lowest BCUT2D eigenvalue weighted by Crippen LogP contribution is -2.16. The standard InChI is InChI=1S/C18H8F12N2O2/c1-34-12(10-3-8(16(22,23)24)5-14(32-10)18(28,29)30)6-11(33)9-2-7(15(19,20)21)4-13(31-9)17(25,26)27/h2-6H,1H3/b12-6-. The van der Waals surface area contributed by atoms with Gasteiger partial charge in [0, 0.05) is 6.08 Å². The Kier molecular flexibility index (Phi) is 6.96. The fourth-order valence-corrected chi connectivity index (χ4v) is 2.36. The number of methoxy groups -OCH3 is 1. The van der Waals surface area contributed by atoms with Crippen molar-refractivity contribution in [2.45, 2.75) is 24.7 Å². The molecule has 2 aromatic heterocycles. The molecule has 2 aromatic rings. The summed E-state index contributed by atoms with van der Waals surface area (Å²) in [6.07, 6.45) is -21.4. The lowest BCUT2D eigenvalue weighted by atomic mass is 10.1. The summed E-state index contributed by atoms with van der Waals surface area (Å²) >= 11 is 0. The molecule has 0 aliphatic carbocycles. The predicted octanol–water partition coefficient (Wildman–Crippen LogP) is 6.42. The molecule has 0 saturated carbocycles. The van der Waals surface area contributed by atoms with Crippen LogP contribution in [0, 0.1) is 0 Å². The summed E-state index contributed by atoms with van der Waals surface area (Å²) in [6.45, 7) is 0. The molecule has 2 heterocycles. The van der Waals surface area contributed by atoms with Gasteiger partial charge >= 0.3 is 24.7 Å². The number of carbonyl (C=O) groups is 1. The zero-order chi connectivity index (χ0) is 26.3. The minimum absolute atomic E-state index is 0.0402. The smallest absolute Gasteiger partial charge is 0.433 e. The summed E-state index contributed by atoms with van der Waals surface area (Å²) in [5.74, 6) is -2.87. The molecule has 0 radical (unpaired) electrons. The number of ketones is 1. The minimum Gasteiger partial charge on any atom is -0.494 e. The Bertz CT molecular complexity index is 1050. The molecule has 0 saturated heterocycles. The Morgan fingerprint density at radius 1 is 0.676 bits per heavy atom. The molecule has 34 heavy (non-hydrogen) atoms. The molecular formula is C18H8F12N2O2. The molecule has 0 aliphatic rings. The Labute approximate surface area is 180 Å². The van der Waals surface area contributed by atoms with Crippen molar-refractivity contribution in [3.8, 4) is 0 Å². The number of carbonyl (C=O) groups excluding carboxylic acids is 1. The SMILES string of the molecule is CO/C(=C\C(=O)c1cc(C(F)(F)F)cc(C(F)(F)F)n1)c1cc(C(F)(F)F)cc(C(F)(F)F)n1. The van der Waals surface area contributed by atoms with E-state index in [4.69, 9.17) is 0 Å². The van der Waals surface area contributed by atoms with Crippen LogP contribution >= 0.6 is 0 Å². The van der Waals surface area contributed by atoms with Crippen LogP contribution in [0.5, 0.6) is 0 Å². The molecule has 0 amide bonds. The maximum atomic E-state index is 13.0. The van der Waals surface area contributed by atoms with Gasteiger partial charge in [-0.15, -0.1) is 0 Å². The first-order valence-electron chi connectivity index (χ1n) is 8.37. The third-order valence-corrected chi connectivity index (χ3v) is 3.87. The van der Waals surface area contributed by atoms with Crippen LogP contribution in [0.15, 0.2) is 30.3 Å². The van der Waals surface area contributed by atoms with Gasteiger partial charge in [-0.2, -0.15) is 52.7 Å². The van der Waals surface area contributed by atoms with E-state index in [1.54, 1.807) is 0 Å². The molecule has 186 valence electrons. The van der Waals surface area contributed by atoms with Crippen molar-refractivity contribution in [1.82, 2.24) is 9.97 Å². The van der Waals surface area contributed by atoms with Crippen molar-refractivity contribution in [3.63, 3.8) is 0 Å². The van der Waals surface area contributed by atoms with Crippen molar-refractivity contribution in [2.24, 2.45) is 0 Å². The summed E-state index contributed by atoms with van der Waals surface area (Å²) < 4.78 is 160. The van der Waals surface area contributed by atoms with E-state index in [0.717, 1.165) is 0 Å². The van der Waals surface area contributed by atoms with E-state index in [1.165, 1.54) is 0 Å². The van der Waals surface area contributed by atoms with Crippen LogP contribution in [0.3, 0.4) is 0 Å². The summed E-state index contributed by atoms with van der Waals surface area (Å²) in [7, 11) is 0.662. The second kappa shape index (κ2) is 8.79. The van der Waals surface area contributed by atoms with Gasteiger partial charge in [0.15, 0.2) is 0 Å². The van der Waals surface area contributed by atoms with Gasteiger partial charge in [-0.25, -0.2) is 9.97 Å². The maximum Gasteiger partial charge on any atom is 0.433 e. The fraction of sp³-hybridized carbons (Fsp3) is 0.278. The molecule has 0 bridgehead atoms. The fourth-order valence-electron chi connectivity index (χ4n) is 2.36. The predicted molar refractivity (Wildman–Crippen MR) is 87.8 cm³/mol. The minimum atomic E-state index is -5.42. The molecule has 4 nitrogen and oxygen atoms in total. The zero-order valence-corrected chi connectivity index (χ0v) is 16.1. The van der Waals surface area contributed by atoms with Crippen molar-refractivity contribution < 1.29 is 62.2 Å². The number of hydrogen-bond acceptors (Lipinski definition) is 4. The number of aromatic nitrogens is 2. The lowest BCUT2D eigenvalue weighted by molar-refractivity contribution is -0.147. The molecule has 0 aliphatic heterocycles. The van der Waals surface area contributed by atoms with Crippen LogP contribution in [0.2, 0.25) is 0 Å². The Hall–Kier alpha value is -3.33. The first-order chi connectivity index (χ1) is 15.2. The summed E-state index contributed by atoms with van der Waals surface area (Å²) in [5.41, 5.74) is -10.6. The molecular weight excluding hydrogens is 504 g/mol. The highest BCUT2D eigenvalue weighted by molar-refractivity contribution is 6.06. The number of pyridine rings is 2. The molecule has 0 aromatic carbocycles. The second-order valence-corrected chi connectivity index (χ2v) is 6.32. The van der Waals surface area contributed by atoms with Crippen molar-refractivity contribution in [1.29, 1.82) is 0 Å². The van der Waals surface area contributed by atoms with Crippen LogP contribution in [0.1, 0.15) is 38.7 Å². The first kappa shape index (κ1) is 26.9. The highest BCUT2D eigenvalue weighted by Crippen LogP contribution is 2.37. The highest BCUT2D eigenvalue weighted by atomic mass is 19.4. The van der Waals surface area contributed by atoms with Crippen LogP contribution in [-0.2, 0) is 29.4 Å². The average molecular weight is 512 g/mol. The van der Waals surface area contributed by atoms with E-state index in [0.29, 0.717) is 7.11 Å². The third kappa shape index (κ3) is 6.38. The first-order valence-corrected chi connectivity index (χ1v) is 8.37. The molecule has 0 unspecified atom stereocenters. The Balaban J connectivity index is 2.68. The summed E-state index contributed by atoms with van der Waals surface area (Å²) in [6, 6.07) is -0.773. The molecule has 0 N–H and O–H groups in total. The number of halogens is 12. The quantitative estimate of drug-likeness (QED) is 0.205. The largest absolute Gasteiger partial charge is 0.494 e. The number of alkyl halides is 12. The topological polar surface area (TPSA) is 52.1 Å². The van der Waals surface area contributed by atoms with Gasteiger partial charge in [0.2, 0.25) is 5.78 Å². The van der Waals surface area contributed by atoms with Crippen LogP contribution in [0.25, 0.3) is 5.76 Å². The number of hydrogen-bond donors (Lipinski definition) is 0. The van der Waals surface area contributed by atoms with Crippen LogP contribution < -0.4 is 0 Å². The second-order valence-electron chi connectivity index (χ2n) is 6.32. The van der Waals surface area contributed by atoms with E-state index in [1.807, 2.05) is 0 Å². The van der Waals surface area contributed by atoms with Gasteiger partial charge in [0.1, 0.15) is 28.5 Å². The highest BCUT2D eigenvalue weighted by Gasteiger charge is 2.40. The average Bonchev–Trinajstić information content (AvgIpc) is 2.68. The molecule has 0 atom stereocenters. The van der Waals surface area contributed by atoms with E-state index in [-0.39, 0.29) is 30.3 Å². The van der Waals surface area contributed by atoms with Gasteiger partial charge in [-0.3, -0.25) is 4.79 Å². The van der Waals surface area contributed by atoms with Crippen LogP contribution in [0.4, 0.5) is 52.7 Å². The van der Waals surface area contributed by atoms with Gasteiger partial charge in [0.25, 0.3) is 0 Å². The van der Waals surface area contributed by atoms with Gasteiger partial charge in [-0.05, 0) is 24.3 Å².